The molecule has 0 spiro atoms. The lowest BCUT2D eigenvalue weighted by Gasteiger charge is -2.18. The van der Waals surface area contributed by atoms with E-state index in [-0.39, 0.29) is 30.5 Å². The molecule has 2 N–H and O–H groups in total. The third-order valence-electron chi connectivity index (χ3n) is 2.39. The van der Waals surface area contributed by atoms with Crippen molar-refractivity contribution in [2.24, 2.45) is 4.99 Å². The van der Waals surface area contributed by atoms with Crippen LogP contribution in [0, 0.1) is 0 Å². The van der Waals surface area contributed by atoms with Gasteiger partial charge in [-0.15, -0.1) is 24.0 Å². The molecule has 20 heavy (non-hydrogen) atoms. The molecule has 0 heterocycles. The molecule has 0 saturated heterocycles. The first-order chi connectivity index (χ1) is 8.89. The zero-order chi connectivity index (χ0) is 14.7. The molecule has 0 aliphatic rings. The summed E-state index contributed by atoms with van der Waals surface area (Å²) in [5, 5.41) is 5.57. The van der Waals surface area contributed by atoms with Crippen LogP contribution in [0.2, 0.25) is 0 Å². The van der Waals surface area contributed by atoms with Gasteiger partial charge in [-0.05, 0) is 7.05 Å². The first-order valence-corrected chi connectivity index (χ1v) is 6.08. The Balaban J connectivity index is 0. The second-order valence-corrected chi connectivity index (χ2v) is 4.09. The molecule has 0 atom stereocenters. The lowest BCUT2D eigenvalue weighted by Crippen LogP contribution is -2.42. The number of alkyl halides is 3. The Kier molecular flexibility index (Phi) is 13.7. The van der Waals surface area contributed by atoms with E-state index in [1.54, 1.807) is 7.11 Å². The number of halogens is 4. The second kappa shape index (κ2) is 12.5. The van der Waals surface area contributed by atoms with Crippen molar-refractivity contribution in [1.82, 2.24) is 15.5 Å². The molecule has 0 amide bonds. The van der Waals surface area contributed by atoms with Crippen molar-refractivity contribution >= 4 is 29.9 Å². The van der Waals surface area contributed by atoms with Crippen LogP contribution in [-0.4, -0.2) is 71.0 Å². The Morgan fingerprint density at radius 1 is 1.20 bits per heavy atom. The van der Waals surface area contributed by atoms with Gasteiger partial charge in [0.2, 0.25) is 0 Å². The van der Waals surface area contributed by atoms with E-state index in [9.17, 15) is 13.2 Å². The Morgan fingerprint density at radius 3 is 2.30 bits per heavy atom. The Hall–Kier alpha value is -0.290. The molecule has 0 fully saturated rings. The van der Waals surface area contributed by atoms with Crippen LogP contribution < -0.4 is 10.6 Å². The van der Waals surface area contributed by atoms with E-state index in [1.165, 1.54) is 7.05 Å². The number of likely N-dealkylation sites (N-methyl/N-ethyl adjacent to an activating group) is 1. The molecule has 0 aromatic carbocycles. The van der Waals surface area contributed by atoms with Crippen LogP contribution in [0.15, 0.2) is 4.99 Å². The fourth-order valence-corrected chi connectivity index (χ4v) is 1.27. The Labute approximate surface area is 135 Å². The predicted molar refractivity (Wildman–Crippen MR) is 84.8 cm³/mol. The number of nitrogens with one attached hydrogen (secondary N) is 2. The third-order valence-corrected chi connectivity index (χ3v) is 2.39. The summed E-state index contributed by atoms with van der Waals surface area (Å²) in [5.41, 5.74) is 0. The summed E-state index contributed by atoms with van der Waals surface area (Å²) >= 11 is 0. The normalized spacial score (nSPS) is 12.2. The van der Waals surface area contributed by atoms with Crippen LogP contribution in [0.25, 0.3) is 0 Å². The average molecular weight is 412 g/mol. The SMILES string of the molecule is CN=C(NCCN(C)CCOC)NCCC(F)(F)F.I. The number of methoxy groups -OCH3 is 1. The van der Waals surface area contributed by atoms with Crippen molar-refractivity contribution in [3.05, 3.63) is 0 Å². The van der Waals surface area contributed by atoms with Gasteiger partial charge in [0, 0.05) is 40.3 Å². The van der Waals surface area contributed by atoms with E-state index in [4.69, 9.17) is 4.74 Å². The minimum Gasteiger partial charge on any atom is -0.383 e. The lowest BCUT2D eigenvalue weighted by molar-refractivity contribution is -0.132. The van der Waals surface area contributed by atoms with Crippen molar-refractivity contribution in [2.75, 3.05) is 54.0 Å². The molecule has 0 saturated carbocycles. The van der Waals surface area contributed by atoms with Gasteiger partial charge in [0.25, 0.3) is 0 Å². The summed E-state index contributed by atoms with van der Waals surface area (Å²) in [4.78, 5) is 5.91. The van der Waals surface area contributed by atoms with E-state index in [0.29, 0.717) is 19.1 Å². The number of ether oxygens (including phenoxy) is 1. The maximum absolute atomic E-state index is 12.0. The third kappa shape index (κ3) is 14.1. The summed E-state index contributed by atoms with van der Waals surface area (Å²) < 4.78 is 40.8. The smallest absolute Gasteiger partial charge is 0.383 e. The van der Waals surface area contributed by atoms with Crippen LogP contribution >= 0.6 is 24.0 Å². The number of hydrogen-bond acceptors (Lipinski definition) is 3. The number of nitrogens with zero attached hydrogens (tertiary/aromatic N) is 2. The van der Waals surface area contributed by atoms with E-state index >= 15 is 0 Å². The second-order valence-electron chi connectivity index (χ2n) is 4.09. The molecule has 0 unspecified atom stereocenters. The van der Waals surface area contributed by atoms with Gasteiger partial charge in [-0.1, -0.05) is 0 Å². The first-order valence-electron chi connectivity index (χ1n) is 6.08. The van der Waals surface area contributed by atoms with Gasteiger partial charge in [-0.2, -0.15) is 13.2 Å². The van der Waals surface area contributed by atoms with Crippen molar-refractivity contribution in [2.45, 2.75) is 12.6 Å². The molecule has 0 aromatic heterocycles. The zero-order valence-electron chi connectivity index (χ0n) is 12.1. The van der Waals surface area contributed by atoms with Gasteiger partial charge in [-0.3, -0.25) is 4.99 Å². The maximum Gasteiger partial charge on any atom is 0.390 e. The van der Waals surface area contributed by atoms with Crippen LogP contribution in [0.4, 0.5) is 13.2 Å². The monoisotopic (exact) mass is 412 g/mol. The highest BCUT2D eigenvalue weighted by Crippen LogP contribution is 2.17. The van der Waals surface area contributed by atoms with E-state index < -0.39 is 12.6 Å². The summed E-state index contributed by atoms with van der Waals surface area (Å²) in [6.07, 6.45) is -5.02. The van der Waals surface area contributed by atoms with Crippen molar-refractivity contribution < 1.29 is 17.9 Å². The number of aliphatic imine (C=N–C) groups is 1. The van der Waals surface area contributed by atoms with Gasteiger partial charge in [0.1, 0.15) is 0 Å². The summed E-state index contributed by atoms with van der Waals surface area (Å²) in [6.45, 7) is 2.63. The summed E-state index contributed by atoms with van der Waals surface area (Å²) in [7, 11) is 5.11. The van der Waals surface area contributed by atoms with Gasteiger partial charge >= 0.3 is 6.18 Å². The van der Waals surface area contributed by atoms with Gasteiger partial charge < -0.3 is 20.3 Å². The number of hydrogen-bond donors (Lipinski definition) is 2. The minimum absolute atomic E-state index is 0. The van der Waals surface area contributed by atoms with Crippen molar-refractivity contribution in [3.8, 4) is 0 Å². The lowest BCUT2D eigenvalue weighted by atomic mass is 10.4. The molecule has 5 nitrogen and oxygen atoms in total. The molecule has 0 aliphatic heterocycles. The molecule has 9 heteroatoms. The molecular formula is C11H24F3IN4O. The zero-order valence-corrected chi connectivity index (χ0v) is 14.4. The molecule has 0 radical (unpaired) electrons. The fourth-order valence-electron chi connectivity index (χ4n) is 1.27. The molecule has 122 valence electrons. The van der Waals surface area contributed by atoms with E-state index in [2.05, 4.69) is 20.5 Å². The van der Waals surface area contributed by atoms with Crippen LogP contribution in [0.3, 0.4) is 0 Å². The highest BCUT2D eigenvalue weighted by Gasteiger charge is 2.26. The van der Waals surface area contributed by atoms with Crippen LogP contribution in [0.5, 0.6) is 0 Å². The maximum atomic E-state index is 12.0. The number of guanidine groups is 1. The molecule has 0 aromatic rings. The quantitative estimate of drug-likeness (QED) is 0.359. The van der Waals surface area contributed by atoms with E-state index in [1.807, 2.05) is 7.05 Å². The van der Waals surface area contributed by atoms with Gasteiger partial charge in [0.15, 0.2) is 5.96 Å². The van der Waals surface area contributed by atoms with Gasteiger partial charge in [-0.25, -0.2) is 0 Å². The van der Waals surface area contributed by atoms with Crippen molar-refractivity contribution in [3.63, 3.8) is 0 Å². The van der Waals surface area contributed by atoms with Crippen LogP contribution in [-0.2, 0) is 4.74 Å². The highest BCUT2D eigenvalue weighted by molar-refractivity contribution is 14.0. The summed E-state index contributed by atoms with van der Waals surface area (Å²) in [5.74, 6) is 0.379. The molecular weight excluding hydrogens is 388 g/mol. The average Bonchev–Trinajstić information content (AvgIpc) is 2.33. The molecule has 0 bridgehead atoms. The minimum atomic E-state index is -4.15. The molecule has 0 rings (SSSR count). The van der Waals surface area contributed by atoms with Crippen molar-refractivity contribution in [1.29, 1.82) is 0 Å². The standard InChI is InChI=1S/C11H23F3N4O.HI/c1-15-10(16-5-4-11(12,13)14)17-6-7-18(2)8-9-19-3;/h4-9H2,1-3H3,(H2,15,16,17);1H. The first kappa shape index (κ1) is 22.0. The topological polar surface area (TPSA) is 48.9 Å². The summed E-state index contributed by atoms with van der Waals surface area (Å²) in [6, 6.07) is 0. The largest absolute Gasteiger partial charge is 0.390 e. The highest BCUT2D eigenvalue weighted by atomic mass is 127. The Morgan fingerprint density at radius 2 is 1.80 bits per heavy atom. The van der Waals surface area contributed by atoms with Gasteiger partial charge in [0.05, 0.1) is 13.0 Å². The van der Waals surface area contributed by atoms with Crippen LogP contribution in [0.1, 0.15) is 6.42 Å². The number of rotatable bonds is 8. The Bertz CT molecular complexity index is 265. The molecule has 0 aliphatic carbocycles. The van der Waals surface area contributed by atoms with E-state index in [0.717, 1.165) is 13.1 Å². The fraction of sp³-hybridized carbons (Fsp3) is 0.909. The predicted octanol–water partition coefficient (Wildman–Crippen LogP) is 1.30.